The number of oxazole rings is 1. The molecule has 1 saturated heterocycles. The number of carboxylic acid groups (broad SMARTS) is 1. The van der Waals surface area contributed by atoms with Gasteiger partial charge in [0.25, 0.3) is 0 Å². The second-order valence-electron chi connectivity index (χ2n) is 6.65. The van der Waals surface area contributed by atoms with Gasteiger partial charge in [-0.2, -0.15) is 0 Å². The van der Waals surface area contributed by atoms with Crippen LogP contribution >= 0.6 is 0 Å². The molecule has 2 aromatic carbocycles. The van der Waals surface area contributed by atoms with Crippen LogP contribution in [0.15, 0.2) is 52.9 Å². The van der Waals surface area contributed by atoms with Crippen LogP contribution in [0.5, 0.6) is 0 Å². The lowest BCUT2D eigenvalue weighted by Crippen LogP contribution is -2.33. The van der Waals surface area contributed by atoms with Crippen LogP contribution in [-0.2, 0) is 11.2 Å². The first-order valence-corrected chi connectivity index (χ1v) is 8.80. The highest BCUT2D eigenvalue weighted by Gasteiger charge is 2.30. The Bertz CT molecular complexity index is 983. The molecule has 0 radical (unpaired) electrons. The predicted molar refractivity (Wildman–Crippen MR) is 99.6 cm³/mol. The van der Waals surface area contributed by atoms with Gasteiger partial charge in [-0.25, -0.2) is 9.78 Å². The number of carbonyl (C=O) groups excluding carboxylic acids is 1. The number of nitrogens with one attached hydrogen (secondary N) is 1. The van der Waals surface area contributed by atoms with Crippen LogP contribution < -0.4 is 5.32 Å². The van der Waals surface area contributed by atoms with Gasteiger partial charge in [0.15, 0.2) is 11.5 Å². The van der Waals surface area contributed by atoms with Gasteiger partial charge in [0.2, 0.25) is 0 Å². The largest absolute Gasteiger partial charge is 0.481 e. The Labute approximate surface area is 155 Å². The lowest BCUT2D eigenvalue weighted by atomic mass is 10.1. The first-order chi connectivity index (χ1) is 13.1. The van der Waals surface area contributed by atoms with Gasteiger partial charge in [-0.15, -0.1) is 0 Å². The molecule has 2 N–H and O–H groups in total. The third-order valence-corrected chi connectivity index (χ3v) is 4.71. The summed E-state index contributed by atoms with van der Waals surface area (Å²) in [6.07, 6.45) is 1.08. The Kier molecular flexibility index (Phi) is 4.50. The number of aliphatic carboxylic acids is 1. The van der Waals surface area contributed by atoms with Gasteiger partial charge >= 0.3 is 12.0 Å². The van der Waals surface area contributed by atoms with E-state index < -0.39 is 11.9 Å². The van der Waals surface area contributed by atoms with E-state index in [1.54, 1.807) is 18.2 Å². The quantitative estimate of drug-likeness (QED) is 0.739. The summed E-state index contributed by atoms with van der Waals surface area (Å²) in [6.45, 7) is 0.668. The first-order valence-electron chi connectivity index (χ1n) is 8.80. The Balaban J connectivity index is 1.45. The van der Waals surface area contributed by atoms with Crippen LogP contribution in [-0.4, -0.2) is 40.1 Å². The number of rotatable bonds is 4. The van der Waals surface area contributed by atoms with Crippen LogP contribution in [0.25, 0.3) is 11.1 Å². The molecule has 1 aliphatic rings. The third kappa shape index (κ3) is 3.76. The SMILES string of the molecule is O=C(O)C1CCN(C(=O)Nc2ccc3nc(Cc4ccccc4)oc3c2)C1. The molecule has 27 heavy (non-hydrogen) atoms. The molecular weight excluding hydrogens is 346 g/mol. The van der Waals surface area contributed by atoms with Gasteiger partial charge in [-0.1, -0.05) is 30.3 Å². The average molecular weight is 365 g/mol. The molecule has 0 aliphatic carbocycles. The van der Waals surface area contributed by atoms with Gasteiger partial charge in [0.1, 0.15) is 5.52 Å². The third-order valence-electron chi connectivity index (χ3n) is 4.71. The van der Waals surface area contributed by atoms with Crippen molar-refractivity contribution in [1.82, 2.24) is 9.88 Å². The number of aromatic nitrogens is 1. The number of benzene rings is 2. The Morgan fingerprint density at radius 1 is 1.22 bits per heavy atom. The molecule has 0 bridgehead atoms. The first kappa shape index (κ1) is 17.1. The number of anilines is 1. The van der Waals surface area contributed by atoms with E-state index in [0.717, 1.165) is 11.1 Å². The molecule has 1 aliphatic heterocycles. The zero-order valence-electron chi connectivity index (χ0n) is 14.6. The maximum atomic E-state index is 12.3. The normalized spacial score (nSPS) is 16.6. The number of hydrogen-bond donors (Lipinski definition) is 2. The molecule has 1 atom stereocenters. The Morgan fingerprint density at radius 2 is 2.04 bits per heavy atom. The van der Waals surface area contributed by atoms with Gasteiger partial charge in [0, 0.05) is 31.3 Å². The molecule has 0 saturated carbocycles. The standard InChI is InChI=1S/C20H19N3O4/c24-19(25)14-8-9-23(12-14)20(26)21-15-6-7-16-17(11-15)27-18(22-16)10-13-4-2-1-3-5-13/h1-7,11,14H,8-10,12H2,(H,21,26)(H,24,25). The summed E-state index contributed by atoms with van der Waals surface area (Å²) in [5.74, 6) is -0.740. The molecule has 1 aromatic heterocycles. The number of carboxylic acids is 1. The molecule has 7 heteroatoms. The highest BCUT2D eigenvalue weighted by atomic mass is 16.4. The number of carbonyl (C=O) groups is 2. The topological polar surface area (TPSA) is 95.7 Å². The number of hydrogen-bond acceptors (Lipinski definition) is 4. The molecule has 2 heterocycles. The lowest BCUT2D eigenvalue weighted by Gasteiger charge is -2.16. The van der Waals surface area contributed by atoms with Crippen molar-refractivity contribution < 1.29 is 19.1 Å². The Hall–Kier alpha value is -3.35. The fraction of sp³-hybridized carbons (Fsp3) is 0.250. The van der Waals surface area contributed by atoms with Crippen LogP contribution in [0, 0.1) is 5.92 Å². The molecule has 7 nitrogen and oxygen atoms in total. The smallest absolute Gasteiger partial charge is 0.321 e. The zero-order valence-corrected chi connectivity index (χ0v) is 14.6. The summed E-state index contributed by atoms with van der Waals surface area (Å²) in [5, 5.41) is 11.9. The molecule has 0 spiro atoms. The molecule has 4 rings (SSSR count). The fourth-order valence-corrected chi connectivity index (χ4v) is 3.25. The summed E-state index contributed by atoms with van der Waals surface area (Å²) in [7, 11) is 0. The number of amides is 2. The maximum Gasteiger partial charge on any atom is 0.321 e. The van der Waals surface area contributed by atoms with E-state index in [2.05, 4.69) is 10.3 Å². The van der Waals surface area contributed by atoms with Crippen molar-refractivity contribution in [3.63, 3.8) is 0 Å². The number of likely N-dealkylation sites (tertiary alicyclic amines) is 1. The van der Waals surface area contributed by atoms with Crippen molar-refractivity contribution in [2.75, 3.05) is 18.4 Å². The molecule has 138 valence electrons. The summed E-state index contributed by atoms with van der Waals surface area (Å²) in [5.41, 5.74) is 3.03. The minimum Gasteiger partial charge on any atom is -0.481 e. The van der Waals surface area contributed by atoms with Gasteiger partial charge in [-0.05, 0) is 24.1 Å². The van der Waals surface area contributed by atoms with Gasteiger partial charge in [0.05, 0.1) is 5.92 Å². The Morgan fingerprint density at radius 3 is 2.78 bits per heavy atom. The second kappa shape index (κ2) is 7.11. The van der Waals surface area contributed by atoms with Crippen LogP contribution in [0.4, 0.5) is 10.5 Å². The van der Waals surface area contributed by atoms with Crippen LogP contribution in [0.2, 0.25) is 0 Å². The van der Waals surface area contributed by atoms with Crippen molar-refractivity contribution in [2.24, 2.45) is 5.92 Å². The van der Waals surface area contributed by atoms with Gasteiger partial charge in [-0.3, -0.25) is 4.79 Å². The van der Waals surface area contributed by atoms with Crippen molar-refractivity contribution in [3.05, 3.63) is 60.0 Å². The monoisotopic (exact) mass is 365 g/mol. The average Bonchev–Trinajstić information content (AvgIpc) is 3.29. The maximum absolute atomic E-state index is 12.3. The number of nitrogens with zero attached hydrogens (tertiary/aromatic N) is 2. The van der Waals surface area contributed by atoms with Crippen molar-refractivity contribution in [2.45, 2.75) is 12.8 Å². The van der Waals surface area contributed by atoms with Gasteiger partial charge < -0.3 is 19.7 Å². The van der Waals surface area contributed by atoms with Crippen molar-refractivity contribution in [1.29, 1.82) is 0 Å². The van der Waals surface area contributed by atoms with E-state index in [1.165, 1.54) is 4.90 Å². The highest BCUT2D eigenvalue weighted by molar-refractivity contribution is 5.92. The summed E-state index contributed by atoms with van der Waals surface area (Å²) < 4.78 is 5.81. The lowest BCUT2D eigenvalue weighted by molar-refractivity contribution is -0.141. The molecule has 1 unspecified atom stereocenters. The molecule has 3 aromatic rings. The minimum absolute atomic E-state index is 0.229. The van der Waals surface area contributed by atoms with Crippen LogP contribution in [0.1, 0.15) is 17.9 Å². The molecule has 1 fully saturated rings. The summed E-state index contributed by atoms with van der Waals surface area (Å²) >= 11 is 0. The second-order valence-corrected chi connectivity index (χ2v) is 6.65. The van der Waals surface area contributed by atoms with E-state index in [9.17, 15) is 9.59 Å². The van der Waals surface area contributed by atoms with E-state index in [1.807, 2.05) is 30.3 Å². The van der Waals surface area contributed by atoms with E-state index in [-0.39, 0.29) is 12.6 Å². The number of fused-ring (bicyclic) bond motifs is 1. The van der Waals surface area contributed by atoms with E-state index in [0.29, 0.717) is 36.5 Å². The van der Waals surface area contributed by atoms with E-state index >= 15 is 0 Å². The molecular formula is C20H19N3O4. The zero-order chi connectivity index (χ0) is 18.8. The van der Waals surface area contributed by atoms with Crippen molar-refractivity contribution in [3.8, 4) is 0 Å². The minimum atomic E-state index is -0.862. The summed E-state index contributed by atoms with van der Waals surface area (Å²) in [6, 6.07) is 14.9. The number of urea groups is 1. The summed E-state index contributed by atoms with van der Waals surface area (Å²) in [4.78, 5) is 29.4. The predicted octanol–water partition coefficient (Wildman–Crippen LogP) is 3.36. The highest BCUT2D eigenvalue weighted by Crippen LogP contribution is 2.23. The fourth-order valence-electron chi connectivity index (χ4n) is 3.25. The van der Waals surface area contributed by atoms with Crippen molar-refractivity contribution >= 4 is 28.8 Å². The van der Waals surface area contributed by atoms with Crippen LogP contribution in [0.3, 0.4) is 0 Å². The van der Waals surface area contributed by atoms with E-state index in [4.69, 9.17) is 9.52 Å². The molecule has 2 amide bonds.